The second-order valence-electron chi connectivity index (χ2n) is 3.65. The lowest BCUT2D eigenvalue weighted by atomic mass is 10.1. The van der Waals surface area contributed by atoms with Gasteiger partial charge in [-0.1, -0.05) is 6.07 Å². The lowest BCUT2D eigenvalue weighted by Gasteiger charge is -2.12. The first-order valence-electron chi connectivity index (χ1n) is 5.19. The van der Waals surface area contributed by atoms with Gasteiger partial charge in [0.1, 0.15) is 6.04 Å². The normalized spacial score (nSPS) is 11.1. The third-order valence-electron chi connectivity index (χ3n) is 2.24. The van der Waals surface area contributed by atoms with Crippen LogP contribution in [0.2, 0.25) is 0 Å². The lowest BCUT2D eigenvalue weighted by molar-refractivity contribution is -0.145. The number of carboxylic acid groups (broad SMARTS) is 2. The molecule has 7 heteroatoms. The molecule has 0 aromatic heterocycles. The maximum Gasteiger partial charge on any atom is 0.326 e. The number of rotatable bonds is 5. The SMILES string of the molecule is N#Cc1cccc(C(=O)N[C@H](CC(=O)O)C(=O)O)c1. The van der Waals surface area contributed by atoms with Crippen molar-refractivity contribution in [3.8, 4) is 6.07 Å². The van der Waals surface area contributed by atoms with Crippen LogP contribution in [0.5, 0.6) is 0 Å². The smallest absolute Gasteiger partial charge is 0.326 e. The number of carbonyl (C=O) groups excluding carboxylic acids is 1. The van der Waals surface area contributed by atoms with Gasteiger partial charge >= 0.3 is 11.9 Å². The van der Waals surface area contributed by atoms with Gasteiger partial charge in [0.05, 0.1) is 18.1 Å². The van der Waals surface area contributed by atoms with Crippen molar-refractivity contribution in [2.45, 2.75) is 12.5 Å². The second-order valence-corrected chi connectivity index (χ2v) is 3.65. The van der Waals surface area contributed by atoms with Gasteiger partial charge in [-0.2, -0.15) is 5.26 Å². The Bertz CT molecular complexity index is 561. The van der Waals surface area contributed by atoms with Crippen LogP contribution < -0.4 is 5.32 Å². The molecule has 0 unspecified atom stereocenters. The van der Waals surface area contributed by atoms with E-state index in [9.17, 15) is 14.4 Å². The third-order valence-corrected chi connectivity index (χ3v) is 2.24. The van der Waals surface area contributed by atoms with E-state index in [2.05, 4.69) is 5.32 Å². The molecule has 0 bridgehead atoms. The van der Waals surface area contributed by atoms with Crippen LogP contribution in [0.25, 0.3) is 0 Å². The molecule has 0 saturated carbocycles. The van der Waals surface area contributed by atoms with Crippen LogP contribution in [-0.2, 0) is 9.59 Å². The summed E-state index contributed by atoms with van der Waals surface area (Å²) in [7, 11) is 0. The topological polar surface area (TPSA) is 127 Å². The predicted molar refractivity (Wildman–Crippen MR) is 62.3 cm³/mol. The van der Waals surface area contributed by atoms with E-state index in [0.29, 0.717) is 0 Å². The quantitative estimate of drug-likeness (QED) is 0.696. The maximum absolute atomic E-state index is 11.7. The Morgan fingerprint density at radius 2 is 2.00 bits per heavy atom. The molecule has 98 valence electrons. The van der Waals surface area contributed by atoms with Crippen molar-refractivity contribution in [3.05, 3.63) is 35.4 Å². The molecule has 0 aliphatic rings. The number of aliphatic carboxylic acids is 2. The molecule has 0 heterocycles. The number of benzene rings is 1. The van der Waals surface area contributed by atoms with E-state index in [4.69, 9.17) is 15.5 Å². The van der Waals surface area contributed by atoms with Crippen LogP contribution in [0.1, 0.15) is 22.3 Å². The van der Waals surface area contributed by atoms with Gasteiger partial charge in [0, 0.05) is 5.56 Å². The summed E-state index contributed by atoms with van der Waals surface area (Å²) < 4.78 is 0. The number of hydrogen-bond acceptors (Lipinski definition) is 4. The van der Waals surface area contributed by atoms with E-state index in [0.717, 1.165) is 0 Å². The first-order valence-corrected chi connectivity index (χ1v) is 5.19. The second kappa shape index (κ2) is 6.16. The van der Waals surface area contributed by atoms with Gasteiger partial charge in [-0.15, -0.1) is 0 Å². The molecular formula is C12H10N2O5. The monoisotopic (exact) mass is 262 g/mol. The fraction of sp³-hybridized carbons (Fsp3) is 0.167. The lowest BCUT2D eigenvalue weighted by Crippen LogP contribution is -2.42. The van der Waals surface area contributed by atoms with E-state index in [1.165, 1.54) is 24.3 Å². The van der Waals surface area contributed by atoms with Gasteiger partial charge in [0.2, 0.25) is 0 Å². The number of hydrogen-bond donors (Lipinski definition) is 3. The van der Waals surface area contributed by atoms with Gasteiger partial charge in [-0.3, -0.25) is 9.59 Å². The van der Waals surface area contributed by atoms with E-state index in [1.54, 1.807) is 0 Å². The third kappa shape index (κ3) is 4.12. The molecule has 7 nitrogen and oxygen atoms in total. The maximum atomic E-state index is 11.7. The van der Waals surface area contributed by atoms with Crippen LogP contribution in [0.15, 0.2) is 24.3 Å². The number of carbonyl (C=O) groups is 3. The van der Waals surface area contributed by atoms with Crippen LogP contribution in [0, 0.1) is 11.3 Å². The summed E-state index contributed by atoms with van der Waals surface area (Å²) in [6.45, 7) is 0. The van der Waals surface area contributed by atoms with Gasteiger partial charge in [0.25, 0.3) is 5.91 Å². The molecular weight excluding hydrogens is 252 g/mol. The summed E-state index contributed by atoms with van der Waals surface area (Å²) in [5.41, 5.74) is 0.341. The number of carboxylic acids is 2. The Hall–Kier alpha value is -2.88. The highest BCUT2D eigenvalue weighted by molar-refractivity contribution is 5.97. The molecule has 1 aromatic carbocycles. The molecule has 0 aliphatic carbocycles. The summed E-state index contributed by atoms with van der Waals surface area (Å²) in [5, 5.41) is 28.1. The molecule has 1 rings (SSSR count). The number of nitrogens with zero attached hydrogens (tertiary/aromatic N) is 1. The van der Waals surface area contributed by atoms with Crippen LogP contribution in [0.3, 0.4) is 0 Å². The van der Waals surface area contributed by atoms with Crippen molar-refractivity contribution < 1.29 is 24.6 Å². The Morgan fingerprint density at radius 3 is 2.53 bits per heavy atom. The molecule has 1 aromatic rings. The summed E-state index contributed by atoms with van der Waals surface area (Å²) in [6.07, 6.45) is -0.723. The Morgan fingerprint density at radius 1 is 1.32 bits per heavy atom. The van der Waals surface area contributed by atoms with E-state index in [1.807, 2.05) is 6.07 Å². The summed E-state index contributed by atoms with van der Waals surface area (Å²) in [4.78, 5) is 33.0. The average Bonchev–Trinajstić information content (AvgIpc) is 2.37. The van der Waals surface area contributed by atoms with Crippen LogP contribution in [0.4, 0.5) is 0 Å². The van der Waals surface area contributed by atoms with Crippen molar-refractivity contribution in [3.63, 3.8) is 0 Å². The summed E-state index contributed by atoms with van der Waals surface area (Å²) in [6, 6.07) is 5.97. The highest BCUT2D eigenvalue weighted by Crippen LogP contribution is 2.05. The van der Waals surface area contributed by atoms with Crippen molar-refractivity contribution in [2.75, 3.05) is 0 Å². The molecule has 0 spiro atoms. The molecule has 0 saturated heterocycles. The molecule has 1 atom stereocenters. The summed E-state index contributed by atoms with van der Waals surface area (Å²) in [5.74, 6) is -3.52. The number of amides is 1. The van der Waals surface area contributed by atoms with Crippen LogP contribution >= 0.6 is 0 Å². The average molecular weight is 262 g/mol. The first kappa shape index (κ1) is 14.2. The van der Waals surface area contributed by atoms with Gasteiger partial charge in [-0.25, -0.2) is 4.79 Å². The van der Waals surface area contributed by atoms with E-state index in [-0.39, 0.29) is 11.1 Å². The Kier molecular flexibility index (Phi) is 4.60. The molecule has 1 amide bonds. The highest BCUT2D eigenvalue weighted by Gasteiger charge is 2.23. The van der Waals surface area contributed by atoms with Crippen molar-refractivity contribution in [2.24, 2.45) is 0 Å². The molecule has 0 radical (unpaired) electrons. The minimum atomic E-state index is -1.52. The highest BCUT2D eigenvalue weighted by atomic mass is 16.4. The van der Waals surface area contributed by atoms with E-state index < -0.39 is 30.3 Å². The van der Waals surface area contributed by atoms with E-state index >= 15 is 0 Å². The number of nitrogens with one attached hydrogen (secondary N) is 1. The zero-order valence-electron chi connectivity index (χ0n) is 9.66. The zero-order valence-corrected chi connectivity index (χ0v) is 9.66. The molecule has 0 fully saturated rings. The minimum Gasteiger partial charge on any atom is -0.481 e. The first-order chi connectivity index (χ1) is 8.93. The van der Waals surface area contributed by atoms with Crippen LogP contribution in [-0.4, -0.2) is 34.1 Å². The van der Waals surface area contributed by atoms with Gasteiger partial charge < -0.3 is 15.5 Å². The summed E-state index contributed by atoms with van der Waals surface area (Å²) >= 11 is 0. The fourth-order valence-corrected chi connectivity index (χ4v) is 1.35. The zero-order chi connectivity index (χ0) is 14.4. The largest absolute Gasteiger partial charge is 0.481 e. The Labute approximate surface area is 108 Å². The van der Waals surface area contributed by atoms with Gasteiger partial charge in [-0.05, 0) is 18.2 Å². The molecule has 0 aliphatic heterocycles. The van der Waals surface area contributed by atoms with Crippen molar-refractivity contribution in [1.29, 1.82) is 5.26 Å². The Balaban J connectivity index is 2.85. The standard InChI is InChI=1S/C12H10N2O5/c13-6-7-2-1-3-8(4-7)11(17)14-9(12(18)19)5-10(15)16/h1-4,9H,5H2,(H,14,17)(H,15,16)(H,18,19)/t9-/m1/s1. The minimum absolute atomic E-state index is 0.0932. The molecule has 19 heavy (non-hydrogen) atoms. The van der Waals surface area contributed by atoms with Crippen molar-refractivity contribution >= 4 is 17.8 Å². The fourth-order valence-electron chi connectivity index (χ4n) is 1.35. The number of nitriles is 1. The predicted octanol–water partition coefficient (Wildman–Crippen LogP) is 0.216. The molecule has 3 N–H and O–H groups in total. The van der Waals surface area contributed by atoms with Crippen molar-refractivity contribution in [1.82, 2.24) is 5.32 Å². The van der Waals surface area contributed by atoms with Gasteiger partial charge in [0.15, 0.2) is 0 Å².